The van der Waals surface area contributed by atoms with Crippen LogP contribution in [0.5, 0.6) is 0 Å². The lowest BCUT2D eigenvalue weighted by Gasteiger charge is -2.16. The molecule has 0 saturated carbocycles. The standard InChI is InChI=1S/C20H18Br2N2O2/c1-13-14(2)23(11-15-3-7-17(21)8-4-15)20(26)24(19(13)25)12-16-5-9-18(22)10-6-16/h3-10H,11-12H2,1-2H3. The predicted octanol–water partition coefficient (Wildman–Crippen LogP) is 4.25. The highest BCUT2D eigenvalue weighted by Gasteiger charge is 2.14. The van der Waals surface area contributed by atoms with E-state index in [-0.39, 0.29) is 17.8 Å². The first-order chi connectivity index (χ1) is 12.4. The van der Waals surface area contributed by atoms with E-state index in [9.17, 15) is 9.59 Å². The molecule has 3 aromatic rings. The third-order valence-corrected chi connectivity index (χ3v) is 5.54. The molecule has 0 atom stereocenters. The fraction of sp³-hybridized carbons (Fsp3) is 0.200. The summed E-state index contributed by atoms with van der Waals surface area (Å²) < 4.78 is 4.92. The molecular weight excluding hydrogens is 460 g/mol. The maximum Gasteiger partial charge on any atom is 0.331 e. The molecule has 0 aliphatic carbocycles. The first kappa shape index (κ1) is 18.9. The maximum absolute atomic E-state index is 13.0. The van der Waals surface area contributed by atoms with Gasteiger partial charge in [0, 0.05) is 20.2 Å². The van der Waals surface area contributed by atoms with Gasteiger partial charge in [0.15, 0.2) is 0 Å². The van der Waals surface area contributed by atoms with E-state index in [4.69, 9.17) is 0 Å². The van der Waals surface area contributed by atoms with Crippen molar-refractivity contribution in [3.8, 4) is 0 Å². The highest BCUT2D eigenvalue weighted by atomic mass is 79.9. The van der Waals surface area contributed by atoms with E-state index in [0.29, 0.717) is 17.8 Å². The average molecular weight is 478 g/mol. The van der Waals surface area contributed by atoms with Gasteiger partial charge in [0.05, 0.1) is 13.1 Å². The van der Waals surface area contributed by atoms with Gasteiger partial charge in [-0.1, -0.05) is 56.1 Å². The molecule has 0 fully saturated rings. The van der Waals surface area contributed by atoms with Crippen LogP contribution in [-0.4, -0.2) is 9.13 Å². The van der Waals surface area contributed by atoms with E-state index in [1.807, 2.05) is 55.5 Å². The van der Waals surface area contributed by atoms with Crippen molar-refractivity contribution in [3.63, 3.8) is 0 Å². The Morgan fingerprint density at radius 3 is 1.62 bits per heavy atom. The summed E-state index contributed by atoms with van der Waals surface area (Å²) in [7, 11) is 0. The van der Waals surface area contributed by atoms with Crippen LogP contribution in [0.2, 0.25) is 0 Å². The van der Waals surface area contributed by atoms with Crippen molar-refractivity contribution in [2.45, 2.75) is 26.9 Å². The molecule has 0 bridgehead atoms. The minimum Gasteiger partial charge on any atom is -0.293 e. The summed E-state index contributed by atoms with van der Waals surface area (Å²) in [6.45, 7) is 4.28. The Labute approximate surface area is 168 Å². The van der Waals surface area contributed by atoms with Crippen molar-refractivity contribution in [3.05, 3.63) is 101 Å². The molecule has 0 amide bonds. The smallest absolute Gasteiger partial charge is 0.293 e. The third-order valence-electron chi connectivity index (χ3n) is 4.48. The number of hydrogen-bond donors (Lipinski definition) is 0. The molecule has 0 saturated heterocycles. The molecule has 134 valence electrons. The van der Waals surface area contributed by atoms with Gasteiger partial charge in [-0.25, -0.2) is 4.79 Å². The van der Waals surface area contributed by atoms with Gasteiger partial charge >= 0.3 is 5.69 Å². The summed E-state index contributed by atoms with van der Waals surface area (Å²) >= 11 is 6.81. The van der Waals surface area contributed by atoms with Gasteiger partial charge in [-0.2, -0.15) is 0 Å². The normalized spacial score (nSPS) is 10.9. The molecule has 0 unspecified atom stereocenters. The number of hydrogen-bond acceptors (Lipinski definition) is 2. The van der Waals surface area contributed by atoms with Crippen LogP contribution in [0.25, 0.3) is 0 Å². The summed E-state index contributed by atoms with van der Waals surface area (Å²) in [4.78, 5) is 25.7. The Bertz CT molecular complexity index is 1050. The number of halogens is 2. The zero-order valence-corrected chi connectivity index (χ0v) is 17.7. The summed E-state index contributed by atoms with van der Waals surface area (Å²) in [6.07, 6.45) is 0. The van der Waals surface area contributed by atoms with E-state index in [2.05, 4.69) is 31.9 Å². The highest BCUT2D eigenvalue weighted by Crippen LogP contribution is 2.13. The van der Waals surface area contributed by atoms with Crippen LogP contribution in [0.15, 0.2) is 67.1 Å². The van der Waals surface area contributed by atoms with Crippen LogP contribution < -0.4 is 11.2 Å². The topological polar surface area (TPSA) is 44.0 Å². The molecule has 0 aliphatic rings. The molecule has 2 aromatic carbocycles. The summed E-state index contributed by atoms with van der Waals surface area (Å²) in [5.41, 5.74) is 2.69. The van der Waals surface area contributed by atoms with Crippen molar-refractivity contribution in [2.24, 2.45) is 0 Å². The zero-order valence-electron chi connectivity index (χ0n) is 14.5. The van der Waals surface area contributed by atoms with Crippen LogP contribution in [0.1, 0.15) is 22.4 Å². The number of aromatic nitrogens is 2. The Hall–Kier alpha value is -1.92. The monoisotopic (exact) mass is 476 g/mol. The van der Waals surface area contributed by atoms with Gasteiger partial charge < -0.3 is 0 Å². The lowest BCUT2D eigenvalue weighted by atomic mass is 10.2. The Kier molecular flexibility index (Phi) is 5.63. The largest absolute Gasteiger partial charge is 0.331 e. The van der Waals surface area contributed by atoms with Crippen LogP contribution in [-0.2, 0) is 13.1 Å². The summed E-state index contributed by atoms with van der Waals surface area (Å²) in [5, 5.41) is 0. The van der Waals surface area contributed by atoms with E-state index < -0.39 is 0 Å². The minimum atomic E-state index is -0.288. The van der Waals surface area contributed by atoms with E-state index in [1.54, 1.807) is 11.5 Å². The number of rotatable bonds is 4. The second-order valence-corrected chi connectivity index (χ2v) is 8.05. The quantitative estimate of drug-likeness (QED) is 0.563. The SMILES string of the molecule is Cc1c(C)n(Cc2ccc(Br)cc2)c(=O)n(Cc2ccc(Br)cc2)c1=O. The molecule has 0 N–H and O–H groups in total. The van der Waals surface area contributed by atoms with Crippen LogP contribution in [0.3, 0.4) is 0 Å². The Morgan fingerprint density at radius 2 is 1.15 bits per heavy atom. The van der Waals surface area contributed by atoms with Gasteiger partial charge in [-0.05, 0) is 49.2 Å². The summed E-state index contributed by atoms with van der Waals surface area (Å²) in [5.74, 6) is 0. The molecule has 3 rings (SSSR count). The first-order valence-electron chi connectivity index (χ1n) is 8.16. The van der Waals surface area contributed by atoms with E-state index in [0.717, 1.165) is 20.1 Å². The minimum absolute atomic E-state index is 0.234. The second kappa shape index (κ2) is 7.76. The summed E-state index contributed by atoms with van der Waals surface area (Å²) in [6, 6.07) is 15.4. The van der Waals surface area contributed by atoms with E-state index >= 15 is 0 Å². The van der Waals surface area contributed by atoms with Crippen molar-refractivity contribution in [1.82, 2.24) is 9.13 Å². The van der Waals surface area contributed by atoms with Crippen LogP contribution >= 0.6 is 31.9 Å². The zero-order chi connectivity index (χ0) is 18.8. The van der Waals surface area contributed by atoms with Crippen molar-refractivity contribution in [1.29, 1.82) is 0 Å². The highest BCUT2D eigenvalue weighted by molar-refractivity contribution is 9.10. The molecule has 0 aliphatic heterocycles. The van der Waals surface area contributed by atoms with Gasteiger partial charge in [0.2, 0.25) is 0 Å². The molecule has 6 heteroatoms. The van der Waals surface area contributed by atoms with E-state index in [1.165, 1.54) is 4.57 Å². The molecule has 0 spiro atoms. The lowest BCUT2D eigenvalue weighted by Crippen LogP contribution is -2.42. The van der Waals surface area contributed by atoms with Gasteiger partial charge in [0.25, 0.3) is 5.56 Å². The molecule has 0 radical (unpaired) electrons. The molecule has 4 nitrogen and oxygen atoms in total. The number of benzene rings is 2. The predicted molar refractivity (Wildman–Crippen MR) is 111 cm³/mol. The fourth-order valence-electron chi connectivity index (χ4n) is 2.81. The van der Waals surface area contributed by atoms with Gasteiger partial charge in [-0.15, -0.1) is 0 Å². The van der Waals surface area contributed by atoms with Crippen molar-refractivity contribution < 1.29 is 0 Å². The van der Waals surface area contributed by atoms with Gasteiger partial charge in [0.1, 0.15) is 0 Å². The van der Waals surface area contributed by atoms with Crippen molar-refractivity contribution in [2.75, 3.05) is 0 Å². The first-order valence-corrected chi connectivity index (χ1v) is 9.75. The van der Waals surface area contributed by atoms with Crippen molar-refractivity contribution >= 4 is 31.9 Å². The van der Waals surface area contributed by atoms with Crippen LogP contribution in [0, 0.1) is 13.8 Å². The molecular formula is C20H18Br2N2O2. The Morgan fingerprint density at radius 1 is 0.731 bits per heavy atom. The Balaban J connectivity index is 2.06. The molecule has 1 aromatic heterocycles. The molecule has 1 heterocycles. The lowest BCUT2D eigenvalue weighted by molar-refractivity contribution is 0.591. The second-order valence-electron chi connectivity index (χ2n) is 6.22. The average Bonchev–Trinajstić information content (AvgIpc) is 2.64. The third kappa shape index (κ3) is 3.91. The maximum atomic E-state index is 13.0. The number of nitrogens with zero attached hydrogens (tertiary/aromatic N) is 2. The van der Waals surface area contributed by atoms with Gasteiger partial charge in [-0.3, -0.25) is 13.9 Å². The molecule has 26 heavy (non-hydrogen) atoms. The van der Waals surface area contributed by atoms with Crippen LogP contribution in [0.4, 0.5) is 0 Å². The fourth-order valence-corrected chi connectivity index (χ4v) is 3.33.